The first-order valence-corrected chi connectivity index (χ1v) is 8.68. The second-order valence-corrected chi connectivity index (χ2v) is 7.58. The van der Waals surface area contributed by atoms with Gasteiger partial charge in [0, 0.05) is 12.8 Å². The van der Waals surface area contributed by atoms with Crippen LogP contribution in [-0.2, 0) is 14.4 Å². The molecule has 23 heavy (non-hydrogen) atoms. The van der Waals surface area contributed by atoms with Gasteiger partial charge in [-0.3, -0.25) is 14.4 Å². The molecule has 0 aliphatic heterocycles. The molecule has 0 heterocycles. The van der Waals surface area contributed by atoms with E-state index >= 15 is 0 Å². The molecule has 0 bridgehead atoms. The largest absolute Gasteiger partial charge is 0.481 e. The summed E-state index contributed by atoms with van der Waals surface area (Å²) in [6.45, 7) is 3.41. The Hall–Kier alpha value is -1.39. The average Bonchev–Trinajstić information content (AvgIpc) is 2.41. The zero-order chi connectivity index (χ0) is 17.5. The summed E-state index contributed by atoms with van der Waals surface area (Å²) in [5.74, 6) is -1.28. The van der Waals surface area contributed by atoms with Gasteiger partial charge in [0.2, 0.25) is 0 Å². The minimum absolute atomic E-state index is 0.205. The van der Waals surface area contributed by atoms with Gasteiger partial charge in [-0.1, -0.05) is 19.3 Å². The highest BCUT2D eigenvalue weighted by Gasteiger charge is 2.43. The maximum absolute atomic E-state index is 11.8. The molecule has 0 radical (unpaired) electrons. The first-order valence-electron chi connectivity index (χ1n) is 8.68. The Morgan fingerprint density at radius 1 is 0.957 bits per heavy atom. The normalized spacial score (nSPS) is 16.6. The third kappa shape index (κ3) is 5.96. The number of rotatable bonds is 12. The van der Waals surface area contributed by atoms with Crippen LogP contribution >= 0.6 is 0 Å². The predicted molar refractivity (Wildman–Crippen MR) is 87.3 cm³/mol. The van der Waals surface area contributed by atoms with Crippen LogP contribution in [0.25, 0.3) is 0 Å². The molecule has 1 saturated carbocycles. The van der Waals surface area contributed by atoms with Crippen LogP contribution in [0.5, 0.6) is 0 Å². The lowest BCUT2D eigenvalue weighted by atomic mass is 9.66. The second-order valence-electron chi connectivity index (χ2n) is 7.58. The van der Waals surface area contributed by atoms with E-state index in [1.165, 1.54) is 0 Å². The lowest BCUT2D eigenvalue weighted by Crippen LogP contribution is -2.37. The van der Waals surface area contributed by atoms with Crippen molar-refractivity contribution in [2.24, 2.45) is 10.8 Å². The average molecular weight is 326 g/mol. The van der Waals surface area contributed by atoms with Crippen molar-refractivity contribution >= 4 is 17.7 Å². The molecule has 1 aliphatic carbocycles. The first kappa shape index (κ1) is 19.7. The minimum Gasteiger partial charge on any atom is -0.481 e. The molecular formula is C18H30O5. The summed E-state index contributed by atoms with van der Waals surface area (Å²) < 4.78 is 0. The van der Waals surface area contributed by atoms with Crippen molar-refractivity contribution in [3.8, 4) is 0 Å². The van der Waals surface area contributed by atoms with E-state index in [0.717, 1.165) is 44.9 Å². The van der Waals surface area contributed by atoms with Gasteiger partial charge in [-0.05, 0) is 52.4 Å². The molecule has 0 amide bonds. The number of unbranched alkanes of at least 4 members (excludes halogenated alkanes) is 2. The summed E-state index contributed by atoms with van der Waals surface area (Å²) in [5, 5.41) is 18.2. The van der Waals surface area contributed by atoms with E-state index in [1.54, 1.807) is 13.8 Å². The molecule has 1 fully saturated rings. The van der Waals surface area contributed by atoms with E-state index in [4.69, 9.17) is 5.11 Å². The lowest BCUT2D eigenvalue weighted by Gasteiger charge is -2.37. The highest BCUT2D eigenvalue weighted by molar-refractivity contribution is 5.78. The summed E-state index contributed by atoms with van der Waals surface area (Å²) in [6, 6.07) is 0. The Balaban J connectivity index is 2.09. The van der Waals surface area contributed by atoms with Gasteiger partial charge in [0.1, 0.15) is 5.78 Å². The SMILES string of the molecule is CC(C)(CCCCC(=O)CCCCC1(C(=O)O)CCC1)C(=O)O. The van der Waals surface area contributed by atoms with E-state index in [1.807, 2.05) is 0 Å². The highest BCUT2D eigenvalue weighted by atomic mass is 16.4. The van der Waals surface area contributed by atoms with E-state index in [9.17, 15) is 19.5 Å². The third-order valence-electron chi connectivity index (χ3n) is 5.21. The van der Waals surface area contributed by atoms with Crippen LogP contribution in [0.3, 0.4) is 0 Å². The number of Topliss-reactive ketones (excluding diaryl/α,β-unsaturated/α-hetero) is 1. The Morgan fingerprint density at radius 2 is 1.52 bits per heavy atom. The first-order chi connectivity index (χ1) is 10.7. The number of hydrogen-bond acceptors (Lipinski definition) is 3. The van der Waals surface area contributed by atoms with Gasteiger partial charge < -0.3 is 10.2 Å². The van der Waals surface area contributed by atoms with E-state index in [-0.39, 0.29) is 5.78 Å². The van der Waals surface area contributed by atoms with E-state index in [2.05, 4.69) is 0 Å². The quantitative estimate of drug-likeness (QED) is 0.528. The summed E-state index contributed by atoms with van der Waals surface area (Å²) in [7, 11) is 0. The van der Waals surface area contributed by atoms with Crippen LogP contribution in [0.2, 0.25) is 0 Å². The van der Waals surface area contributed by atoms with Crippen molar-refractivity contribution in [3.05, 3.63) is 0 Å². The van der Waals surface area contributed by atoms with E-state index in [0.29, 0.717) is 25.7 Å². The molecule has 0 atom stereocenters. The topological polar surface area (TPSA) is 91.7 Å². The Labute approximate surface area is 138 Å². The molecule has 0 aromatic rings. The van der Waals surface area contributed by atoms with Crippen molar-refractivity contribution in [2.75, 3.05) is 0 Å². The standard InChI is InChI=1S/C18H30O5/c1-17(2,15(20)21)10-5-3-8-14(19)9-4-6-11-18(16(22)23)12-7-13-18/h3-13H2,1-2H3,(H,20,21)(H,22,23). The fourth-order valence-electron chi connectivity index (χ4n) is 3.08. The molecule has 0 aromatic heterocycles. The summed E-state index contributed by atoms with van der Waals surface area (Å²) >= 11 is 0. The van der Waals surface area contributed by atoms with Crippen molar-refractivity contribution in [2.45, 2.75) is 84.5 Å². The molecular weight excluding hydrogens is 296 g/mol. The highest BCUT2D eigenvalue weighted by Crippen LogP contribution is 2.45. The van der Waals surface area contributed by atoms with Gasteiger partial charge in [-0.25, -0.2) is 0 Å². The Morgan fingerprint density at radius 3 is 1.96 bits per heavy atom. The molecule has 1 rings (SSSR count). The van der Waals surface area contributed by atoms with Gasteiger partial charge in [0.25, 0.3) is 0 Å². The molecule has 2 N–H and O–H groups in total. The lowest BCUT2D eigenvalue weighted by molar-refractivity contribution is -0.155. The minimum atomic E-state index is -0.799. The van der Waals surface area contributed by atoms with Gasteiger partial charge in [-0.15, -0.1) is 0 Å². The zero-order valence-corrected chi connectivity index (χ0v) is 14.4. The van der Waals surface area contributed by atoms with E-state index < -0.39 is 22.8 Å². The fraction of sp³-hybridized carbons (Fsp3) is 0.833. The van der Waals surface area contributed by atoms with Gasteiger partial charge in [0.05, 0.1) is 10.8 Å². The van der Waals surface area contributed by atoms with Crippen LogP contribution in [0.15, 0.2) is 0 Å². The molecule has 0 spiro atoms. The monoisotopic (exact) mass is 326 g/mol. The third-order valence-corrected chi connectivity index (χ3v) is 5.21. The molecule has 5 nitrogen and oxygen atoms in total. The Kier molecular flexibility index (Phi) is 7.23. The molecule has 132 valence electrons. The maximum Gasteiger partial charge on any atom is 0.309 e. The van der Waals surface area contributed by atoms with Crippen LogP contribution < -0.4 is 0 Å². The smallest absolute Gasteiger partial charge is 0.309 e. The van der Waals surface area contributed by atoms with Crippen LogP contribution in [0.4, 0.5) is 0 Å². The molecule has 0 unspecified atom stereocenters. The summed E-state index contributed by atoms with van der Waals surface area (Å²) in [4.78, 5) is 34.0. The summed E-state index contributed by atoms with van der Waals surface area (Å²) in [6.07, 6.45) is 7.85. The van der Waals surface area contributed by atoms with Crippen molar-refractivity contribution in [1.82, 2.24) is 0 Å². The molecule has 1 aliphatic rings. The van der Waals surface area contributed by atoms with Crippen molar-refractivity contribution < 1.29 is 24.6 Å². The molecule has 0 aromatic carbocycles. The number of carboxylic acids is 2. The van der Waals surface area contributed by atoms with Crippen LogP contribution in [0.1, 0.15) is 84.5 Å². The Bertz CT molecular complexity index is 435. The molecule has 0 saturated heterocycles. The van der Waals surface area contributed by atoms with Crippen LogP contribution in [0, 0.1) is 10.8 Å². The van der Waals surface area contributed by atoms with Crippen molar-refractivity contribution in [3.63, 3.8) is 0 Å². The predicted octanol–water partition coefficient (Wildman–Crippen LogP) is 4.04. The number of carbonyl (C=O) groups is 3. The van der Waals surface area contributed by atoms with Gasteiger partial charge >= 0.3 is 11.9 Å². The van der Waals surface area contributed by atoms with Gasteiger partial charge in [-0.2, -0.15) is 0 Å². The molecule has 5 heteroatoms. The number of ketones is 1. The number of aliphatic carboxylic acids is 2. The second kappa shape index (κ2) is 8.46. The zero-order valence-electron chi connectivity index (χ0n) is 14.4. The maximum atomic E-state index is 11.8. The number of carboxylic acid groups (broad SMARTS) is 2. The number of carbonyl (C=O) groups excluding carboxylic acids is 1. The van der Waals surface area contributed by atoms with Crippen LogP contribution in [-0.4, -0.2) is 27.9 Å². The van der Waals surface area contributed by atoms with Crippen molar-refractivity contribution in [1.29, 1.82) is 0 Å². The fourth-order valence-corrected chi connectivity index (χ4v) is 3.08. The summed E-state index contributed by atoms with van der Waals surface area (Å²) in [5.41, 5.74) is -1.23. The number of hydrogen-bond donors (Lipinski definition) is 2. The van der Waals surface area contributed by atoms with Gasteiger partial charge in [0.15, 0.2) is 0 Å².